The number of methoxy groups -OCH3 is 2. The number of carbonyl (C=O) groups is 1. The third-order valence-electron chi connectivity index (χ3n) is 8.90. The third kappa shape index (κ3) is 8.32. The Morgan fingerprint density at radius 3 is 2.31 bits per heavy atom. The molecule has 0 atom stereocenters. The third-order valence-corrected chi connectivity index (χ3v) is 8.90. The molecule has 3 aromatic rings. The van der Waals surface area contributed by atoms with Gasteiger partial charge in [-0.05, 0) is 63.5 Å². The highest BCUT2D eigenvalue weighted by molar-refractivity contribution is 5.87. The lowest BCUT2D eigenvalue weighted by molar-refractivity contribution is -0.107. The molecule has 2 aliphatic carbocycles. The Morgan fingerprint density at radius 1 is 0.911 bits per heavy atom. The minimum absolute atomic E-state index is 0. The summed E-state index contributed by atoms with van der Waals surface area (Å²) in [6.45, 7) is 1.17. The van der Waals surface area contributed by atoms with Crippen LogP contribution < -0.4 is 31.2 Å². The predicted molar refractivity (Wildman–Crippen MR) is 179 cm³/mol. The van der Waals surface area contributed by atoms with Crippen molar-refractivity contribution in [2.75, 3.05) is 43.3 Å². The fourth-order valence-electron chi connectivity index (χ4n) is 6.41. The first-order valence-corrected chi connectivity index (χ1v) is 15.5. The van der Waals surface area contributed by atoms with E-state index in [1.54, 1.807) is 37.5 Å². The molecule has 0 radical (unpaired) electrons. The number of ether oxygens (including phenoxy) is 2. The molecule has 3 fully saturated rings. The van der Waals surface area contributed by atoms with E-state index in [9.17, 15) is 4.79 Å². The Balaban J connectivity index is 0.00000230. The number of nitrogens with two attached hydrogens (primary N) is 1. The van der Waals surface area contributed by atoms with Crippen molar-refractivity contribution in [1.82, 2.24) is 24.6 Å². The molecule has 2 aromatic heterocycles. The summed E-state index contributed by atoms with van der Waals surface area (Å²) in [5.41, 5.74) is 8.33. The Labute approximate surface area is 276 Å². The maximum Gasteiger partial charge on any atom is 0.430 e. The van der Waals surface area contributed by atoms with E-state index in [0.717, 1.165) is 68.3 Å². The standard InChI is InChI=1S/C30H43N9O4.2ClH/c1-41-23-11-12-24(25(17-23)42-2)35-30(40)43-38-15-13-21(14-16-38)33-27-26-28(39(18-32-26)22-5-3-4-6-22)37-29(36-27)34-20-9-7-19(31)8-10-20;;/h11-12,17-22H,3-10,13-16,31H2,1-2H3,(H,35,40)(H2,33,34,36,37);2*1H. The van der Waals surface area contributed by atoms with Gasteiger partial charge in [-0.15, -0.1) is 29.9 Å². The molecular weight excluding hydrogens is 621 g/mol. The zero-order valence-electron chi connectivity index (χ0n) is 25.9. The highest BCUT2D eigenvalue weighted by Gasteiger charge is 2.27. The van der Waals surface area contributed by atoms with E-state index < -0.39 is 6.09 Å². The Morgan fingerprint density at radius 2 is 1.62 bits per heavy atom. The maximum absolute atomic E-state index is 12.6. The van der Waals surface area contributed by atoms with Crippen LogP contribution in [0.3, 0.4) is 0 Å². The molecule has 2 saturated carbocycles. The summed E-state index contributed by atoms with van der Waals surface area (Å²) >= 11 is 0. The highest BCUT2D eigenvalue weighted by Crippen LogP contribution is 2.34. The maximum atomic E-state index is 12.6. The lowest BCUT2D eigenvalue weighted by Crippen LogP contribution is -2.41. The molecule has 1 aliphatic heterocycles. The second kappa shape index (κ2) is 15.8. The normalized spacial score (nSPS) is 21.0. The molecule has 3 aliphatic rings. The number of amides is 1. The molecule has 0 unspecified atom stereocenters. The van der Waals surface area contributed by atoms with Crippen LogP contribution in [-0.2, 0) is 4.84 Å². The van der Waals surface area contributed by atoms with Crippen molar-refractivity contribution >= 4 is 59.5 Å². The number of fused-ring (bicyclic) bond motifs is 1. The molecule has 5 N–H and O–H groups in total. The van der Waals surface area contributed by atoms with Crippen LogP contribution in [0, 0.1) is 0 Å². The van der Waals surface area contributed by atoms with Crippen LogP contribution in [0.5, 0.6) is 11.5 Å². The predicted octanol–water partition coefficient (Wildman–Crippen LogP) is 5.52. The number of hydrogen-bond donors (Lipinski definition) is 4. The molecule has 1 amide bonds. The topological polar surface area (TPSA) is 154 Å². The minimum atomic E-state index is -0.566. The van der Waals surface area contributed by atoms with Crippen LogP contribution in [-0.4, -0.2) is 76.1 Å². The molecule has 0 spiro atoms. The minimum Gasteiger partial charge on any atom is -0.497 e. The van der Waals surface area contributed by atoms with Crippen LogP contribution in [0.4, 0.5) is 22.2 Å². The first-order chi connectivity index (χ1) is 21.0. The molecule has 13 nitrogen and oxygen atoms in total. The van der Waals surface area contributed by atoms with Gasteiger partial charge in [-0.1, -0.05) is 12.8 Å². The zero-order chi connectivity index (χ0) is 29.8. The molecule has 3 heterocycles. The summed E-state index contributed by atoms with van der Waals surface area (Å²) in [6, 6.07) is 6.36. The van der Waals surface area contributed by atoms with E-state index in [1.165, 1.54) is 12.8 Å². The molecule has 45 heavy (non-hydrogen) atoms. The van der Waals surface area contributed by atoms with Gasteiger partial charge >= 0.3 is 6.09 Å². The SMILES string of the molecule is COc1ccc(NC(=O)ON2CCC(Nc3nc(NC4CCC(N)CC4)nc4c3ncn4C3CCCC3)CC2)c(OC)c1.Cl.Cl. The highest BCUT2D eigenvalue weighted by atomic mass is 35.5. The summed E-state index contributed by atoms with van der Waals surface area (Å²) in [5.74, 6) is 2.52. The summed E-state index contributed by atoms with van der Waals surface area (Å²) in [5, 5.41) is 11.7. The average molecular weight is 667 g/mol. The van der Waals surface area contributed by atoms with Crippen molar-refractivity contribution in [2.45, 2.75) is 88.4 Å². The van der Waals surface area contributed by atoms with Gasteiger partial charge in [0.2, 0.25) is 5.95 Å². The summed E-state index contributed by atoms with van der Waals surface area (Å²) in [4.78, 5) is 32.9. The van der Waals surface area contributed by atoms with Crippen LogP contribution >= 0.6 is 24.8 Å². The number of imidazole rings is 1. The lowest BCUT2D eigenvalue weighted by Gasteiger charge is -2.31. The zero-order valence-corrected chi connectivity index (χ0v) is 27.5. The van der Waals surface area contributed by atoms with Crippen LogP contribution in [0.15, 0.2) is 24.5 Å². The van der Waals surface area contributed by atoms with Crippen molar-refractivity contribution in [2.24, 2.45) is 5.73 Å². The molecule has 1 saturated heterocycles. The van der Waals surface area contributed by atoms with E-state index in [-0.39, 0.29) is 36.9 Å². The number of nitrogens with zero attached hydrogens (tertiary/aromatic N) is 5. The number of piperidine rings is 1. The van der Waals surface area contributed by atoms with Gasteiger partial charge < -0.3 is 35.2 Å². The monoisotopic (exact) mass is 665 g/mol. The molecular formula is C30H45Cl2N9O4. The smallest absolute Gasteiger partial charge is 0.430 e. The second-order valence-corrected chi connectivity index (χ2v) is 11.8. The van der Waals surface area contributed by atoms with Gasteiger partial charge in [0.05, 0.1) is 26.2 Å². The Bertz CT molecular complexity index is 1410. The average Bonchev–Trinajstić information content (AvgIpc) is 3.70. The van der Waals surface area contributed by atoms with Crippen molar-refractivity contribution in [3.05, 3.63) is 24.5 Å². The number of aromatic nitrogens is 4. The number of nitrogens with one attached hydrogen (secondary N) is 3. The van der Waals surface area contributed by atoms with E-state index in [1.807, 2.05) is 6.33 Å². The van der Waals surface area contributed by atoms with Crippen molar-refractivity contribution < 1.29 is 19.1 Å². The molecule has 248 valence electrons. The van der Waals surface area contributed by atoms with Gasteiger partial charge in [-0.25, -0.2) is 9.78 Å². The van der Waals surface area contributed by atoms with Crippen molar-refractivity contribution in [1.29, 1.82) is 0 Å². The lowest BCUT2D eigenvalue weighted by atomic mass is 9.92. The van der Waals surface area contributed by atoms with Gasteiger partial charge in [0.15, 0.2) is 17.0 Å². The van der Waals surface area contributed by atoms with E-state index in [2.05, 4.69) is 20.5 Å². The van der Waals surface area contributed by atoms with Gasteiger partial charge in [0.25, 0.3) is 0 Å². The van der Waals surface area contributed by atoms with Gasteiger partial charge in [0, 0.05) is 43.3 Å². The van der Waals surface area contributed by atoms with Crippen LogP contribution in [0.2, 0.25) is 0 Å². The van der Waals surface area contributed by atoms with Gasteiger partial charge in [0.1, 0.15) is 11.5 Å². The summed E-state index contributed by atoms with van der Waals surface area (Å²) in [6.07, 6.45) is 11.7. The number of hydrogen-bond acceptors (Lipinski definition) is 11. The van der Waals surface area contributed by atoms with Crippen LogP contribution in [0.25, 0.3) is 11.2 Å². The van der Waals surface area contributed by atoms with Crippen LogP contribution in [0.1, 0.15) is 70.3 Å². The number of hydroxylamine groups is 2. The fourth-order valence-corrected chi connectivity index (χ4v) is 6.41. The summed E-state index contributed by atoms with van der Waals surface area (Å²) in [7, 11) is 3.12. The molecule has 0 bridgehead atoms. The first kappa shape index (κ1) is 34.6. The number of halogens is 2. The molecule has 1 aromatic carbocycles. The van der Waals surface area contributed by atoms with Crippen molar-refractivity contribution in [3.8, 4) is 11.5 Å². The quantitative estimate of drug-likeness (QED) is 0.228. The Kier molecular flexibility index (Phi) is 12.2. The summed E-state index contributed by atoms with van der Waals surface area (Å²) < 4.78 is 12.8. The molecule has 15 heteroatoms. The largest absolute Gasteiger partial charge is 0.497 e. The number of rotatable bonds is 9. The Hall–Kier alpha value is -3.26. The van der Waals surface area contributed by atoms with Crippen molar-refractivity contribution in [3.63, 3.8) is 0 Å². The van der Waals surface area contributed by atoms with E-state index >= 15 is 0 Å². The number of carbonyl (C=O) groups excluding carboxylic acids is 1. The van der Waals surface area contributed by atoms with Gasteiger partial charge in [-0.3, -0.25) is 5.32 Å². The fraction of sp³-hybridized carbons (Fsp3) is 0.600. The molecule has 6 rings (SSSR count). The first-order valence-electron chi connectivity index (χ1n) is 15.5. The second-order valence-electron chi connectivity index (χ2n) is 11.8. The number of anilines is 3. The van der Waals surface area contributed by atoms with Gasteiger partial charge in [-0.2, -0.15) is 9.97 Å². The van der Waals surface area contributed by atoms with E-state index in [4.69, 9.17) is 35.0 Å². The number of benzene rings is 1. The van der Waals surface area contributed by atoms with E-state index in [0.29, 0.717) is 48.3 Å².